The molecule has 96 valence electrons. The van der Waals surface area contributed by atoms with Gasteiger partial charge in [0, 0.05) is 32.2 Å². The van der Waals surface area contributed by atoms with Crippen molar-refractivity contribution in [2.24, 2.45) is 7.05 Å². The van der Waals surface area contributed by atoms with Crippen LogP contribution in [0, 0.1) is 0 Å². The summed E-state index contributed by atoms with van der Waals surface area (Å²) in [5, 5.41) is 4.36. The molecule has 0 bridgehead atoms. The molecule has 1 atom stereocenters. The van der Waals surface area contributed by atoms with Crippen molar-refractivity contribution < 1.29 is 4.79 Å². The predicted molar refractivity (Wildman–Crippen MR) is 69.5 cm³/mol. The van der Waals surface area contributed by atoms with Crippen LogP contribution in [0.2, 0.25) is 0 Å². The van der Waals surface area contributed by atoms with Gasteiger partial charge in [-0.2, -0.15) is 5.10 Å². The second-order valence-corrected chi connectivity index (χ2v) is 5.06. The quantitative estimate of drug-likeness (QED) is 0.758. The van der Waals surface area contributed by atoms with Crippen LogP contribution in [0.4, 0.5) is 0 Å². The first kappa shape index (κ1) is 14.0. The highest BCUT2D eigenvalue weighted by molar-refractivity contribution is 6.20. The van der Waals surface area contributed by atoms with E-state index in [2.05, 4.69) is 5.10 Å². The van der Waals surface area contributed by atoms with Gasteiger partial charge in [-0.15, -0.1) is 11.6 Å². The predicted octanol–water partition coefficient (Wildman–Crippen LogP) is 2.07. The van der Waals surface area contributed by atoms with Gasteiger partial charge < -0.3 is 4.90 Å². The van der Waals surface area contributed by atoms with Crippen molar-refractivity contribution in [1.82, 2.24) is 14.7 Å². The number of halogens is 1. The molecule has 4 nitrogen and oxygen atoms in total. The van der Waals surface area contributed by atoms with Gasteiger partial charge in [-0.25, -0.2) is 0 Å². The van der Waals surface area contributed by atoms with Crippen molar-refractivity contribution in [2.75, 3.05) is 13.6 Å². The number of hydrogen-bond donors (Lipinski definition) is 0. The smallest absolute Gasteiger partial charge is 0.257 e. The van der Waals surface area contributed by atoms with Crippen molar-refractivity contribution in [3.8, 4) is 0 Å². The zero-order valence-electron chi connectivity index (χ0n) is 10.9. The van der Waals surface area contributed by atoms with Crippen LogP contribution < -0.4 is 0 Å². The molecule has 1 aromatic rings. The Labute approximate surface area is 108 Å². The topological polar surface area (TPSA) is 38.1 Å². The zero-order chi connectivity index (χ0) is 13.0. The Morgan fingerprint density at radius 1 is 1.65 bits per heavy atom. The van der Waals surface area contributed by atoms with Crippen LogP contribution in [0.1, 0.15) is 36.3 Å². The SMILES string of the molecule is CCc1nn(C)cc1C(=O)N(C)CCC(C)Cl. The maximum absolute atomic E-state index is 12.2. The van der Waals surface area contributed by atoms with Crippen LogP contribution in [0.25, 0.3) is 0 Å². The maximum atomic E-state index is 12.2. The number of nitrogens with zero attached hydrogens (tertiary/aromatic N) is 3. The summed E-state index contributed by atoms with van der Waals surface area (Å²) < 4.78 is 1.68. The number of hydrogen-bond acceptors (Lipinski definition) is 2. The molecule has 17 heavy (non-hydrogen) atoms. The molecule has 0 aliphatic carbocycles. The van der Waals surface area contributed by atoms with Gasteiger partial charge in [-0.1, -0.05) is 6.92 Å². The lowest BCUT2D eigenvalue weighted by Crippen LogP contribution is -2.29. The molecule has 0 saturated carbocycles. The number of alkyl halides is 1. The van der Waals surface area contributed by atoms with Gasteiger partial charge in [-0.05, 0) is 19.8 Å². The van der Waals surface area contributed by atoms with E-state index < -0.39 is 0 Å². The third kappa shape index (κ3) is 3.73. The van der Waals surface area contributed by atoms with Gasteiger partial charge in [0.2, 0.25) is 0 Å². The lowest BCUT2D eigenvalue weighted by Gasteiger charge is -2.17. The molecule has 1 amide bonds. The Morgan fingerprint density at radius 2 is 2.29 bits per heavy atom. The second kappa shape index (κ2) is 6.05. The minimum Gasteiger partial charge on any atom is -0.342 e. The zero-order valence-corrected chi connectivity index (χ0v) is 11.7. The normalized spacial score (nSPS) is 12.5. The molecular formula is C12H20ClN3O. The molecule has 0 fully saturated rings. The minimum atomic E-state index is 0.0206. The van der Waals surface area contributed by atoms with Gasteiger partial charge in [0.15, 0.2) is 0 Å². The summed E-state index contributed by atoms with van der Waals surface area (Å²) in [5.74, 6) is 0.0206. The summed E-state index contributed by atoms with van der Waals surface area (Å²) in [4.78, 5) is 13.9. The van der Waals surface area contributed by atoms with E-state index in [4.69, 9.17) is 11.6 Å². The van der Waals surface area contributed by atoms with Crippen LogP contribution in [0.5, 0.6) is 0 Å². The Bertz CT molecular complexity index is 387. The fraction of sp³-hybridized carbons (Fsp3) is 0.667. The molecule has 0 aromatic carbocycles. The van der Waals surface area contributed by atoms with Crippen LogP contribution in [-0.4, -0.2) is 39.6 Å². The monoisotopic (exact) mass is 257 g/mol. The van der Waals surface area contributed by atoms with Crippen molar-refractivity contribution in [2.45, 2.75) is 32.1 Å². The molecule has 0 saturated heterocycles. The molecule has 0 aliphatic heterocycles. The maximum Gasteiger partial charge on any atom is 0.257 e. The van der Waals surface area contributed by atoms with Crippen LogP contribution in [-0.2, 0) is 13.5 Å². The number of rotatable bonds is 5. The summed E-state index contributed by atoms with van der Waals surface area (Å²) >= 11 is 5.88. The highest BCUT2D eigenvalue weighted by atomic mass is 35.5. The first-order valence-electron chi connectivity index (χ1n) is 5.87. The molecule has 1 aromatic heterocycles. The third-order valence-electron chi connectivity index (χ3n) is 2.68. The van der Waals surface area contributed by atoms with E-state index in [-0.39, 0.29) is 11.3 Å². The Balaban J connectivity index is 2.74. The molecule has 1 heterocycles. The number of carbonyl (C=O) groups is 1. The lowest BCUT2D eigenvalue weighted by molar-refractivity contribution is 0.0792. The average molecular weight is 258 g/mol. The first-order chi connectivity index (χ1) is 7.95. The lowest BCUT2D eigenvalue weighted by atomic mass is 10.2. The van der Waals surface area contributed by atoms with Crippen molar-refractivity contribution in [3.63, 3.8) is 0 Å². The molecule has 5 heteroatoms. The Morgan fingerprint density at radius 3 is 2.82 bits per heavy atom. The fourth-order valence-electron chi connectivity index (χ4n) is 1.65. The summed E-state index contributed by atoms with van der Waals surface area (Å²) in [7, 11) is 3.63. The molecule has 1 unspecified atom stereocenters. The van der Waals surface area contributed by atoms with E-state index in [1.54, 1.807) is 22.8 Å². The van der Waals surface area contributed by atoms with Crippen molar-refractivity contribution in [3.05, 3.63) is 17.5 Å². The number of aryl methyl sites for hydroxylation is 2. The van der Waals surface area contributed by atoms with E-state index in [0.29, 0.717) is 12.1 Å². The Hall–Kier alpha value is -1.03. The molecule has 0 N–H and O–H groups in total. The fourth-order valence-corrected chi connectivity index (χ4v) is 1.75. The van der Waals surface area contributed by atoms with E-state index in [9.17, 15) is 4.79 Å². The first-order valence-corrected chi connectivity index (χ1v) is 6.31. The van der Waals surface area contributed by atoms with Gasteiger partial charge in [0.1, 0.15) is 0 Å². The second-order valence-electron chi connectivity index (χ2n) is 4.31. The number of amides is 1. The third-order valence-corrected chi connectivity index (χ3v) is 2.90. The molecule has 0 spiro atoms. The molecule has 1 rings (SSSR count). The molecule has 0 radical (unpaired) electrons. The molecule has 0 aliphatic rings. The standard InChI is InChI=1S/C12H20ClN3O/c1-5-11-10(8-16(4)14-11)12(17)15(3)7-6-9(2)13/h8-9H,5-7H2,1-4H3. The van der Waals surface area contributed by atoms with Gasteiger partial charge in [0.05, 0.1) is 11.3 Å². The summed E-state index contributed by atoms with van der Waals surface area (Å²) in [5.41, 5.74) is 1.54. The van der Waals surface area contributed by atoms with Gasteiger partial charge in [0.25, 0.3) is 5.91 Å². The summed E-state index contributed by atoms with van der Waals surface area (Å²) in [6, 6.07) is 0. The van der Waals surface area contributed by atoms with E-state index in [1.807, 2.05) is 20.9 Å². The van der Waals surface area contributed by atoms with Crippen LogP contribution in [0.3, 0.4) is 0 Å². The van der Waals surface area contributed by atoms with Crippen molar-refractivity contribution in [1.29, 1.82) is 0 Å². The minimum absolute atomic E-state index is 0.0206. The largest absolute Gasteiger partial charge is 0.342 e. The van der Waals surface area contributed by atoms with Crippen LogP contribution >= 0.6 is 11.6 Å². The molecular weight excluding hydrogens is 238 g/mol. The summed E-state index contributed by atoms with van der Waals surface area (Å²) in [6.45, 7) is 4.60. The Kier molecular flexibility index (Phi) is 5.00. The van der Waals surface area contributed by atoms with E-state index in [1.165, 1.54) is 0 Å². The van der Waals surface area contributed by atoms with Gasteiger partial charge in [-0.3, -0.25) is 9.48 Å². The number of carbonyl (C=O) groups excluding carboxylic acids is 1. The number of aromatic nitrogens is 2. The van der Waals surface area contributed by atoms with Crippen molar-refractivity contribution >= 4 is 17.5 Å². The van der Waals surface area contributed by atoms with Crippen LogP contribution in [0.15, 0.2) is 6.20 Å². The highest BCUT2D eigenvalue weighted by Gasteiger charge is 2.18. The van der Waals surface area contributed by atoms with E-state index in [0.717, 1.165) is 18.5 Å². The highest BCUT2D eigenvalue weighted by Crippen LogP contribution is 2.11. The van der Waals surface area contributed by atoms with E-state index >= 15 is 0 Å². The van der Waals surface area contributed by atoms with Gasteiger partial charge >= 0.3 is 0 Å². The summed E-state index contributed by atoms with van der Waals surface area (Å²) in [6.07, 6.45) is 3.34. The average Bonchev–Trinajstić information content (AvgIpc) is 2.66.